The number of hydrogen-bond acceptors (Lipinski definition) is 3. The smallest absolute Gasteiger partial charge is 0.234 e. The van der Waals surface area contributed by atoms with Gasteiger partial charge in [-0.3, -0.25) is 4.79 Å². The van der Waals surface area contributed by atoms with Crippen molar-refractivity contribution >= 4 is 23.4 Å². The number of nitriles is 1. The van der Waals surface area contributed by atoms with E-state index in [9.17, 15) is 4.79 Å². The van der Waals surface area contributed by atoms with Crippen molar-refractivity contribution < 1.29 is 4.79 Å². The van der Waals surface area contributed by atoms with Crippen LogP contribution in [-0.2, 0) is 11.2 Å². The van der Waals surface area contributed by atoms with Crippen LogP contribution in [-0.4, -0.2) is 17.4 Å². The SMILES string of the molecule is N#Cc1ccc(NC(=O)CSCCCc2ccccc2)cc1. The molecule has 0 bridgehead atoms. The van der Waals surface area contributed by atoms with Crippen molar-refractivity contribution in [2.24, 2.45) is 0 Å². The molecule has 0 spiro atoms. The third-order valence-corrected chi connectivity index (χ3v) is 4.17. The van der Waals surface area contributed by atoms with E-state index in [1.165, 1.54) is 5.56 Å². The molecule has 112 valence electrons. The minimum atomic E-state index is -0.00517. The van der Waals surface area contributed by atoms with Crippen molar-refractivity contribution in [1.29, 1.82) is 5.26 Å². The molecule has 0 aliphatic heterocycles. The summed E-state index contributed by atoms with van der Waals surface area (Å²) >= 11 is 1.64. The van der Waals surface area contributed by atoms with Gasteiger partial charge in [-0.2, -0.15) is 17.0 Å². The third-order valence-electron chi connectivity index (χ3n) is 3.13. The quantitative estimate of drug-likeness (QED) is 0.790. The van der Waals surface area contributed by atoms with E-state index in [1.807, 2.05) is 18.2 Å². The molecule has 0 unspecified atom stereocenters. The minimum absolute atomic E-state index is 0.00517. The number of carbonyl (C=O) groups excluding carboxylic acids is 1. The van der Waals surface area contributed by atoms with Crippen molar-refractivity contribution in [3.05, 3.63) is 65.7 Å². The number of thioether (sulfide) groups is 1. The van der Waals surface area contributed by atoms with Crippen LogP contribution in [0.5, 0.6) is 0 Å². The fourth-order valence-corrected chi connectivity index (χ4v) is 2.76. The first-order valence-corrected chi connectivity index (χ1v) is 8.35. The highest BCUT2D eigenvalue weighted by Gasteiger charge is 2.02. The highest BCUT2D eigenvalue weighted by Crippen LogP contribution is 2.11. The molecule has 0 saturated carbocycles. The molecule has 4 heteroatoms. The van der Waals surface area contributed by atoms with E-state index in [4.69, 9.17) is 5.26 Å². The minimum Gasteiger partial charge on any atom is -0.325 e. The Balaban J connectivity index is 1.62. The van der Waals surface area contributed by atoms with E-state index >= 15 is 0 Å². The summed E-state index contributed by atoms with van der Waals surface area (Å²) in [5, 5.41) is 11.6. The summed E-state index contributed by atoms with van der Waals surface area (Å²) in [6.07, 6.45) is 2.11. The van der Waals surface area contributed by atoms with Crippen LogP contribution >= 0.6 is 11.8 Å². The highest BCUT2D eigenvalue weighted by molar-refractivity contribution is 7.99. The van der Waals surface area contributed by atoms with E-state index in [2.05, 4.69) is 23.5 Å². The van der Waals surface area contributed by atoms with Crippen LogP contribution in [0.1, 0.15) is 17.5 Å². The van der Waals surface area contributed by atoms with Crippen LogP contribution in [0.3, 0.4) is 0 Å². The summed E-state index contributed by atoms with van der Waals surface area (Å²) in [7, 11) is 0. The maximum absolute atomic E-state index is 11.8. The maximum atomic E-state index is 11.8. The fourth-order valence-electron chi connectivity index (χ4n) is 2.01. The standard InChI is InChI=1S/C18H18N2OS/c19-13-16-8-10-17(11-9-16)20-18(21)14-22-12-4-7-15-5-2-1-3-6-15/h1-3,5-6,8-11H,4,7,12,14H2,(H,20,21). The lowest BCUT2D eigenvalue weighted by atomic mass is 10.1. The fraction of sp³-hybridized carbons (Fsp3) is 0.222. The van der Waals surface area contributed by atoms with Gasteiger partial charge in [0.1, 0.15) is 0 Å². The lowest BCUT2D eigenvalue weighted by Crippen LogP contribution is -2.14. The molecule has 1 amide bonds. The Bertz CT molecular complexity index is 632. The van der Waals surface area contributed by atoms with Gasteiger partial charge >= 0.3 is 0 Å². The second-order valence-electron chi connectivity index (χ2n) is 4.88. The third kappa shape index (κ3) is 5.63. The van der Waals surface area contributed by atoms with Gasteiger partial charge in [0.25, 0.3) is 0 Å². The molecule has 0 fully saturated rings. The molecule has 0 aromatic heterocycles. The van der Waals surface area contributed by atoms with Crippen LogP contribution < -0.4 is 5.32 Å². The first-order valence-electron chi connectivity index (χ1n) is 7.19. The molecule has 0 atom stereocenters. The van der Waals surface area contributed by atoms with Crippen LogP contribution in [0.25, 0.3) is 0 Å². The number of nitrogens with zero attached hydrogens (tertiary/aromatic N) is 1. The number of nitrogens with one attached hydrogen (secondary N) is 1. The van der Waals surface area contributed by atoms with Gasteiger partial charge < -0.3 is 5.32 Å². The van der Waals surface area contributed by atoms with Crippen LogP contribution in [0.15, 0.2) is 54.6 Å². The summed E-state index contributed by atoms with van der Waals surface area (Å²) in [4.78, 5) is 11.8. The molecule has 0 aliphatic carbocycles. The van der Waals surface area contributed by atoms with Gasteiger partial charge in [0.05, 0.1) is 17.4 Å². The van der Waals surface area contributed by atoms with E-state index in [0.29, 0.717) is 11.3 Å². The van der Waals surface area contributed by atoms with Gasteiger partial charge in [-0.1, -0.05) is 30.3 Å². The molecule has 0 heterocycles. The second-order valence-corrected chi connectivity index (χ2v) is 5.98. The average Bonchev–Trinajstić information content (AvgIpc) is 2.56. The van der Waals surface area contributed by atoms with Crippen molar-refractivity contribution in [3.8, 4) is 6.07 Å². The van der Waals surface area contributed by atoms with Crippen LogP contribution in [0, 0.1) is 11.3 Å². The monoisotopic (exact) mass is 310 g/mol. The first kappa shape index (κ1) is 16.1. The second kappa shape index (κ2) is 8.91. The lowest BCUT2D eigenvalue weighted by Gasteiger charge is -2.05. The summed E-state index contributed by atoms with van der Waals surface area (Å²) in [6.45, 7) is 0. The summed E-state index contributed by atoms with van der Waals surface area (Å²) in [5.41, 5.74) is 2.66. The van der Waals surface area contributed by atoms with Gasteiger partial charge in [-0.05, 0) is 48.4 Å². The Labute approximate surface area is 135 Å². The van der Waals surface area contributed by atoms with Crippen molar-refractivity contribution in [3.63, 3.8) is 0 Å². The molecule has 1 N–H and O–H groups in total. The average molecular weight is 310 g/mol. The molecule has 0 saturated heterocycles. The van der Waals surface area contributed by atoms with Gasteiger partial charge in [0.15, 0.2) is 0 Å². The molecule has 0 aliphatic rings. The Morgan fingerprint density at radius 1 is 1.09 bits per heavy atom. The van der Waals surface area contributed by atoms with E-state index in [1.54, 1.807) is 36.0 Å². The molecule has 0 radical (unpaired) electrons. The molecular weight excluding hydrogens is 292 g/mol. The number of hydrogen-bond donors (Lipinski definition) is 1. The molecule has 2 aromatic rings. The van der Waals surface area contributed by atoms with Crippen molar-refractivity contribution in [1.82, 2.24) is 0 Å². The first-order chi connectivity index (χ1) is 10.8. The highest BCUT2D eigenvalue weighted by atomic mass is 32.2. The summed E-state index contributed by atoms with van der Waals surface area (Å²) in [6, 6.07) is 19.3. The van der Waals surface area contributed by atoms with E-state index in [0.717, 1.165) is 24.3 Å². The Hall–Kier alpha value is -2.25. The normalized spacial score (nSPS) is 9.95. The predicted octanol–water partition coefficient (Wildman–Crippen LogP) is 3.86. The van der Waals surface area contributed by atoms with Gasteiger partial charge in [-0.15, -0.1) is 0 Å². The van der Waals surface area contributed by atoms with Crippen LogP contribution in [0.2, 0.25) is 0 Å². The lowest BCUT2D eigenvalue weighted by molar-refractivity contribution is -0.113. The van der Waals surface area contributed by atoms with Crippen molar-refractivity contribution in [2.75, 3.05) is 16.8 Å². The number of aryl methyl sites for hydroxylation is 1. The number of carbonyl (C=O) groups is 1. The number of rotatable bonds is 7. The molecule has 2 aromatic carbocycles. The molecule has 2 rings (SSSR count). The topological polar surface area (TPSA) is 52.9 Å². The van der Waals surface area contributed by atoms with Gasteiger partial charge in [0, 0.05) is 5.69 Å². The number of anilines is 1. The summed E-state index contributed by atoms with van der Waals surface area (Å²) in [5.74, 6) is 1.42. The summed E-state index contributed by atoms with van der Waals surface area (Å²) < 4.78 is 0. The Morgan fingerprint density at radius 2 is 1.82 bits per heavy atom. The largest absolute Gasteiger partial charge is 0.325 e. The van der Waals surface area contributed by atoms with Crippen molar-refractivity contribution in [2.45, 2.75) is 12.8 Å². The number of amides is 1. The number of benzene rings is 2. The Kier molecular flexibility index (Phi) is 6.53. The van der Waals surface area contributed by atoms with Gasteiger partial charge in [-0.25, -0.2) is 0 Å². The molecule has 3 nitrogen and oxygen atoms in total. The van der Waals surface area contributed by atoms with E-state index < -0.39 is 0 Å². The zero-order chi connectivity index (χ0) is 15.6. The van der Waals surface area contributed by atoms with E-state index in [-0.39, 0.29) is 5.91 Å². The zero-order valence-electron chi connectivity index (χ0n) is 12.3. The van der Waals surface area contributed by atoms with Crippen LogP contribution in [0.4, 0.5) is 5.69 Å². The molecule has 22 heavy (non-hydrogen) atoms. The van der Waals surface area contributed by atoms with Gasteiger partial charge in [0.2, 0.25) is 5.91 Å². The maximum Gasteiger partial charge on any atom is 0.234 e. The Morgan fingerprint density at radius 3 is 2.50 bits per heavy atom. The molecular formula is C18H18N2OS. The zero-order valence-corrected chi connectivity index (χ0v) is 13.1. The predicted molar refractivity (Wildman–Crippen MR) is 91.9 cm³/mol.